The summed E-state index contributed by atoms with van der Waals surface area (Å²) in [5.74, 6) is 1.52. The topological polar surface area (TPSA) is 49.8 Å². The molecule has 4 aliphatic rings. The van der Waals surface area contributed by atoms with Crippen molar-refractivity contribution in [2.45, 2.75) is 24.9 Å². The zero-order valence-corrected chi connectivity index (χ0v) is 14.2. The van der Waals surface area contributed by atoms with Gasteiger partial charge in [-0.05, 0) is 44.0 Å². The molecule has 4 aliphatic heterocycles. The predicted molar refractivity (Wildman–Crippen MR) is 92.5 cm³/mol. The van der Waals surface area contributed by atoms with Crippen molar-refractivity contribution in [1.82, 2.24) is 15.4 Å². The van der Waals surface area contributed by atoms with Gasteiger partial charge in [-0.25, -0.2) is 9.98 Å². The average Bonchev–Trinajstić information content (AvgIpc) is 3.14. The van der Waals surface area contributed by atoms with E-state index in [1.165, 1.54) is 25.9 Å². The van der Waals surface area contributed by atoms with Crippen molar-refractivity contribution in [2.75, 3.05) is 19.6 Å². The number of piperidine rings is 3. The summed E-state index contributed by atoms with van der Waals surface area (Å²) in [5, 5.41) is 1.41. The van der Waals surface area contributed by atoms with Crippen molar-refractivity contribution >= 4 is 44.1 Å². The number of para-hydroxylation sites is 1. The normalized spacial score (nSPS) is 34.6. The zero-order chi connectivity index (χ0) is 15.4. The lowest BCUT2D eigenvalue weighted by molar-refractivity contribution is -0.150. The highest BCUT2D eigenvalue weighted by Crippen LogP contribution is 2.42. The van der Waals surface area contributed by atoms with E-state index < -0.39 is 0 Å². The van der Waals surface area contributed by atoms with E-state index >= 15 is 0 Å². The van der Waals surface area contributed by atoms with E-state index in [0.29, 0.717) is 10.9 Å². The Morgan fingerprint density at radius 3 is 3.00 bits per heavy atom. The fourth-order valence-electron chi connectivity index (χ4n) is 4.09. The van der Waals surface area contributed by atoms with Gasteiger partial charge in [-0.15, -0.1) is 0 Å². The van der Waals surface area contributed by atoms with E-state index in [4.69, 9.17) is 16.4 Å². The minimum Gasteiger partial charge on any atom is -0.300 e. The Hall–Kier alpha value is -1.21. The number of hydrogen-bond acceptors (Lipinski definition) is 5. The molecule has 120 valence electrons. The number of amidine groups is 1. The number of thiazole rings is 1. The number of aliphatic imine (C=N–C) groups is 1. The minimum atomic E-state index is -0.0936. The summed E-state index contributed by atoms with van der Waals surface area (Å²) >= 11 is 7.76. The molecule has 23 heavy (non-hydrogen) atoms. The van der Waals surface area contributed by atoms with Crippen LogP contribution in [0, 0.1) is 5.92 Å². The Kier molecular flexibility index (Phi) is 3.17. The standard InChI is InChI=1S/C16H17ClN4OS/c17-11-2-1-3-12-14(11)19-15(23-12)18-13-8-16(22-20-13)9-21-6-4-10(16)5-7-21/h1-3,10H,4-9H2,(H,18,19,20)/t16-/m1/s1. The van der Waals surface area contributed by atoms with Crippen LogP contribution in [0.3, 0.4) is 0 Å². The van der Waals surface area contributed by atoms with Crippen LogP contribution < -0.4 is 5.48 Å². The SMILES string of the molecule is Clc1cccc2sc(/N=C3/C[C@]4(CN5CCC4CC5)ON3)nc12. The fraction of sp³-hybridized carbons (Fsp3) is 0.500. The maximum atomic E-state index is 6.20. The number of nitrogens with one attached hydrogen (secondary N) is 1. The Morgan fingerprint density at radius 2 is 2.26 bits per heavy atom. The summed E-state index contributed by atoms with van der Waals surface area (Å²) in [4.78, 5) is 17.8. The fourth-order valence-corrected chi connectivity index (χ4v) is 5.25. The molecule has 6 rings (SSSR count). The molecule has 1 spiro atoms. The predicted octanol–water partition coefficient (Wildman–Crippen LogP) is 3.37. The number of halogens is 1. The van der Waals surface area contributed by atoms with Crippen LogP contribution in [0.1, 0.15) is 19.3 Å². The van der Waals surface area contributed by atoms with E-state index in [-0.39, 0.29) is 5.60 Å². The van der Waals surface area contributed by atoms with Gasteiger partial charge in [0.05, 0.1) is 9.72 Å². The van der Waals surface area contributed by atoms with Crippen molar-refractivity contribution in [3.05, 3.63) is 23.2 Å². The summed E-state index contributed by atoms with van der Waals surface area (Å²) in [6.07, 6.45) is 3.30. The lowest BCUT2D eigenvalue weighted by Crippen LogP contribution is -2.59. The van der Waals surface area contributed by atoms with Crippen molar-refractivity contribution in [2.24, 2.45) is 10.9 Å². The third-order valence-corrected chi connectivity index (χ3v) is 6.47. The molecule has 4 saturated heterocycles. The number of fused-ring (bicyclic) bond motifs is 3. The van der Waals surface area contributed by atoms with Crippen LogP contribution in [0.4, 0.5) is 5.13 Å². The van der Waals surface area contributed by atoms with Crippen LogP contribution in [0.25, 0.3) is 10.2 Å². The number of aromatic nitrogens is 1. The first kappa shape index (κ1) is 14.2. The summed E-state index contributed by atoms with van der Waals surface area (Å²) in [6, 6.07) is 5.83. The molecule has 4 fully saturated rings. The second-order valence-corrected chi connectivity index (χ2v) is 8.05. The molecule has 0 saturated carbocycles. The van der Waals surface area contributed by atoms with E-state index in [9.17, 15) is 0 Å². The first-order valence-corrected chi connectivity index (χ1v) is 9.20. The lowest BCUT2D eigenvalue weighted by atomic mass is 9.74. The van der Waals surface area contributed by atoms with Crippen LogP contribution in [0.2, 0.25) is 5.02 Å². The van der Waals surface area contributed by atoms with Gasteiger partial charge in [-0.1, -0.05) is 29.0 Å². The molecule has 0 aliphatic carbocycles. The van der Waals surface area contributed by atoms with Gasteiger partial charge in [0, 0.05) is 13.0 Å². The van der Waals surface area contributed by atoms with Crippen molar-refractivity contribution in [3.63, 3.8) is 0 Å². The van der Waals surface area contributed by atoms with Gasteiger partial charge >= 0.3 is 0 Å². The molecule has 1 atom stereocenters. The maximum Gasteiger partial charge on any atom is 0.212 e. The van der Waals surface area contributed by atoms with Crippen molar-refractivity contribution in [3.8, 4) is 0 Å². The molecule has 0 unspecified atom stereocenters. The Labute approximate surface area is 143 Å². The maximum absolute atomic E-state index is 6.20. The Balaban J connectivity index is 1.44. The Bertz CT molecular complexity index is 798. The van der Waals surface area contributed by atoms with E-state index in [1.54, 1.807) is 11.3 Å². The van der Waals surface area contributed by atoms with E-state index in [1.807, 2.05) is 18.2 Å². The molecular formula is C16H17ClN4OS. The third kappa shape index (κ3) is 2.28. The van der Waals surface area contributed by atoms with Crippen LogP contribution in [-0.2, 0) is 4.84 Å². The number of hydrogen-bond donors (Lipinski definition) is 1. The highest BCUT2D eigenvalue weighted by molar-refractivity contribution is 7.22. The molecule has 0 radical (unpaired) electrons. The highest BCUT2D eigenvalue weighted by atomic mass is 35.5. The zero-order valence-electron chi connectivity index (χ0n) is 12.6. The molecule has 2 aromatic rings. The minimum absolute atomic E-state index is 0.0936. The van der Waals surface area contributed by atoms with Gasteiger partial charge in [0.2, 0.25) is 5.13 Å². The van der Waals surface area contributed by atoms with Crippen LogP contribution >= 0.6 is 22.9 Å². The monoisotopic (exact) mass is 348 g/mol. The quantitative estimate of drug-likeness (QED) is 0.858. The van der Waals surface area contributed by atoms with Gasteiger partial charge in [-0.2, -0.15) is 0 Å². The number of nitrogens with zero attached hydrogens (tertiary/aromatic N) is 3. The smallest absolute Gasteiger partial charge is 0.212 e. The van der Waals surface area contributed by atoms with Gasteiger partial charge in [0.15, 0.2) is 0 Å². The molecule has 1 aromatic heterocycles. The first-order valence-electron chi connectivity index (χ1n) is 8.01. The van der Waals surface area contributed by atoms with Gasteiger partial charge in [0.25, 0.3) is 0 Å². The van der Waals surface area contributed by atoms with E-state index in [0.717, 1.165) is 34.1 Å². The number of hydroxylamine groups is 1. The molecule has 2 bridgehead atoms. The molecule has 5 nitrogen and oxygen atoms in total. The second kappa shape index (κ2) is 5.14. The Morgan fingerprint density at radius 1 is 1.39 bits per heavy atom. The van der Waals surface area contributed by atoms with Crippen LogP contribution in [0.5, 0.6) is 0 Å². The first-order chi connectivity index (χ1) is 11.2. The highest BCUT2D eigenvalue weighted by Gasteiger charge is 2.52. The summed E-state index contributed by atoms with van der Waals surface area (Å²) in [5.41, 5.74) is 3.80. The summed E-state index contributed by atoms with van der Waals surface area (Å²) < 4.78 is 1.06. The molecule has 0 amide bonds. The number of benzene rings is 1. The number of rotatable bonds is 1. The van der Waals surface area contributed by atoms with Crippen LogP contribution in [-0.4, -0.2) is 41.0 Å². The van der Waals surface area contributed by atoms with Gasteiger partial charge in [-0.3, -0.25) is 10.3 Å². The largest absolute Gasteiger partial charge is 0.300 e. The summed E-state index contributed by atoms with van der Waals surface area (Å²) in [7, 11) is 0. The van der Waals surface area contributed by atoms with Crippen LogP contribution in [0.15, 0.2) is 23.2 Å². The lowest BCUT2D eigenvalue weighted by Gasteiger charge is -2.49. The van der Waals surface area contributed by atoms with Crippen molar-refractivity contribution in [1.29, 1.82) is 0 Å². The third-order valence-electron chi connectivity index (χ3n) is 5.25. The van der Waals surface area contributed by atoms with Crippen molar-refractivity contribution < 1.29 is 4.84 Å². The second-order valence-electron chi connectivity index (χ2n) is 6.64. The summed E-state index contributed by atoms with van der Waals surface area (Å²) in [6.45, 7) is 3.42. The molecule has 1 aromatic carbocycles. The van der Waals surface area contributed by atoms with Gasteiger partial charge in [0.1, 0.15) is 17.0 Å². The molecule has 1 N–H and O–H groups in total. The van der Waals surface area contributed by atoms with Gasteiger partial charge < -0.3 is 4.90 Å². The molecular weight excluding hydrogens is 332 g/mol. The molecule has 5 heterocycles. The molecule has 7 heteroatoms. The average molecular weight is 349 g/mol. The van der Waals surface area contributed by atoms with E-state index in [2.05, 4.69) is 20.4 Å².